The molecule has 1 fully saturated rings. The third-order valence-electron chi connectivity index (χ3n) is 7.20. The van der Waals surface area contributed by atoms with Crippen LogP contribution in [0.25, 0.3) is 11.1 Å². The third-order valence-corrected chi connectivity index (χ3v) is 7.20. The molecule has 7 heteroatoms. The zero-order valence-electron chi connectivity index (χ0n) is 22.8. The number of nitriles is 1. The van der Waals surface area contributed by atoms with Crippen molar-refractivity contribution in [1.29, 1.82) is 5.26 Å². The van der Waals surface area contributed by atoms with Gasteiger partial charge in [-0.15, -0.1) is 0 Å². The van der Waals surface area contributed by atoms with Gasteiger partial charge in [-0.1, -0.05) is 30.3 Å². The molecule has 202 valence electrons. The highest BCUT2D eigenvalue weighted by Gasteiger charge is 2.19. The highest BCUT2D eigenvalue weighted by atomic mass is 16.5. The monoisotopic (exact) mass is 532 g/mol. The maximum Gasteiger partial charge on any atom is 0.256 e. The molecule has 0 atom stereocenters. The minimum Gasteiger partial charge on any atom is -0.497 e. The molecule has 4 aromatic carbocycles. The van der Waals surface area contributed by atoms with Crippen LogP contribution in [0.4, 0.5) is 11.4 Å². The van der Waals surface area contributed by atoms with Crippen LogP contribution in [0.3, 0.4) is 0 Å². The zero-order valence-corrected chi connectivity index (χ0v) is 22.8. The van der Waals surface area contributed by atoms with E-state index >= 15 is 0 Å². The average molecular weight is 533 g/mol. The van der Waals surface area contributed by atoms with Crippen molar-refractivity contribution in [3.63, 3.8) is 0 Å². The SMILES string of the molecule is COc1ccc(-c2ccccc2C(=O)Nc2ccc(N3CCN(Cc4cccc(C#N)c4)CC3)cc2)c(OC)c1. The maximum absolute atomic E-state index is 13.3. The summed E-state index contributed by atoms with van der Waals surface area (Å²) in [6.07, 6.45) is 0. The third kappa shape index (κ3) is 6.09. The number of hydrogen-bond donors (Lipinski definition) is 1. The number of nitrogens with zero attached hydrogens (tertiary/aromatic N) is 3. The highest BCUT2D eigenvalue weighted by molar-refractivity contribution is 6.09. The Morgan fingerprint density at radius 3 is 2.35 bits per heavy atom. The van der Waals surface area contributed by atoms with Crippen molar-refractivity contribution in [2.75, 3.05) is 50.6 Å². The van der Waals surface area contributed by atoms with Gasteiger partial charge in [-0.05, 0) is 65.7 Å². The molecule has 1 saturated heterocycles. The largest absolute Gasteiger partial charge is 0.497 e. The van der Waals surface area contributed by atoms with Gasteiger partial charge in [-0.25, -0.2) is 0 Å². The molecule has 1 aliphatic heterocycles. The van der Waals surface area contributed by atoms with E-state index in [9.17, 15) is 4.79 Å². The normalized spacial score (nSPS) is 13.4. The Kier molecular flexibility index (Phi) is 8.29. The summed E-state index contributed by atoms with van der Waals surface area (Å²) < 4.78 is 10.9. The standard InChI is InChI=1S/C33H32N4O3/c1-39-28-14-15-30(32(21-28)40-2)29-8-3-4-9-31(29)33(38)35-26-10-12-27(13-11-26)37-18-16-36(17-19-37)23-25-7-5-6-24(20-25)22-34/h3-15,20-21H,16-19,23H2,1-2H3,(H,35,38). The molecule has 0 bridgehead atoms. The lowest BCUT2D eigenvalue weighted by Gasteiger charge is -2.36. The number of piperazine rings is 1. The first-order valence-electron chi connectivity index (χ1n) is 13.3. The van der Waals surface area contributed by atoms with Crippen molar-refractivity contribution < 1.29 is 14.3 Å². The van der Waals surface area contributed by atoms with E-state index in [1.54, 1.807) is 14.2 Å². The Bertz CT molecular complexity index is 1520. The molecular weight excluding hydrogens is 500 g/mol. The van der Waals surface area contributed by atoms with Gasteiger partial charge in [0.05, 0.1) is 25.9 Å². The molecule has 1 heterocycles. The van der Waals surface area contributed by atoms with Crippen molar-refractivity contribution in [3.8, 4) is 28.7 Å². The van der Waals surface area contributed by atoms with Gasteiger partial charge in [0.15, 0.2) is 0 Å². The van der Waals surface area contributed by atoms with E-state index in [-0.39, 0.29) is 5.91 Å². The number of nitrogens with one attached hydrogen (secondary N) is 1. The Hall–Kier alpha value is -4.80. The van der Waals surface area contributed by atoms with Crippen LogP contribution in [-0.4, -0.2) is 51.2 Å². The Balaban J connectivity index is 1.22. The van der Waals surface area contributed by atoms with Crippen LogP contribution in [0, 0.1) is 11.3 Å². The summed E-state index contributed by atoms with van der Waals surface area (Å²) in [5.41, 5.74) is 5.90. The first-order chi connectivity index (χ1) is 19.6. The van der Waals surface area contributed by atoms with Crippen LogP contribution in [-0.2, 0) is 6.54 Å². The summed E-state index contributed by atoms with van der Waals surface area (Å²) in [5, 5.41) is 12.2. The highest BCUT2D eigenvalue weighted by Crippen LogP contribution is 2.35. The molecule has 0 aliphatic carbocycles. The summed E-state index contributed by atoms with van der Waals surface area (Å²) in [6.45, 7) is 4.57. The molecule has 0 saturated carbocycles. The van der Waals surface area contributed by atoms with E-state index in [0.29, 0.717) is 22.6 Å². The van der Waals surface area contributed by atoms with E-state index in [2.05, 4.69) is 39.4 Å². The summed E-state index contributed by atoms with van der Waals surface area (Å²) in [6, 6.07) is 31.1. The van der Waals surface area contributed by atoms with Gasteiger partial charge in [0.2, 0.25) is 0 Å². The van der Waals surface area contributed by atoms with Gasteiger partial charge in [-0.2, -0.15) is 5.26 Å². The Labute approximate surface area is 235 Å². The lowest BCUT2D eigenvalue weighted by Crippen LogP contribution is -2.45. The first-order valence-corrected chi connectivity index (χ1v) is 13.3. The van der Waals surface area contributed by atoms with E-state index < -0.39 is 0 Å². The van der Waals surface area contributed by atoms with Crippen LogP contribution in [0.2, 0.25) is 0 Å². The van der Waals surface area contributed by atoms with E-state index in [0.717, 1.165) is 55.2 Å². The minimum atomic E-state index is -0.185. The minimum absolute atomic E-state index is 0.185. The number of methoxy groups -OCH3 is 2. The summed E-state index contributed by atoms with van der Waals surface area (Å²) in [5.74, 6) is 1.14. The number of carbonyl (C=O) groups excluding carboxylic acids is 1. The quantitative estimate of drug-likeness (QED) is 0.308. The van der Waals surface area contributed by atoms with Gasteiger partial charge < -0.3 is 19.7 Å². The molecule has 0 unspecified atom stereocenters. The number of benzene rings is 4. The first kappa shape index (κ1) is 26.8. The lowest BCUT2D eigenvalue weighted by molar-refractivity contribution is 0.102. The van der Waals surface area contributed by atoms with Gasteiger partial charge in [0, 0.05) is 61.3 Å². The molecule has 0 radical (unpaired) electrons. The van der Waals surface area contributed by atoms with E-state index in [1.165, 1.54) is 5.56 Å². The molecule has 40 heavy (non-hydrogen) atoms. The van der Waals surface area contributed by atoms with Crippen molar-refractivity contribution in [2.45, 2.75) is 6.54 Å². The smallest absolute Gasteiger partial charge is 0.256 e. The van der Waals surface area contributed by atoms with Gasteiger partial charge in [0.25, 0.3) is 5.91 Å². The van der Waals surface area contributed by atoms with E-state index in [4.69, 9.17) is 14.7 Å². The second kappa shape index (κ2) is 12.4. The predicted molar refractivity (Wildman–Crippen MR) is 158 cm³/mol. The average Bonchev–Trinajstić information content (AvgIpc) is 3.01. The Morgan fingerprint density at radius 2 is 1.62 bits per heavy atom. The van der Waals surface area contributed by atoms with Crippen LogP contribution >= 0.6 is 0 Å². The van der Waals surface area contributed by atoms with Gasteiger partial charge in [0.1, 0.15) is 11.5 Å². The van der Waals surface area contributed by atoms with Crippen LogP contribution < -0.4 is 19.7 Å². The summed E-state index contributed by atoms with van der Waals surface area (Å²) >= 11 is 0. The van der Waals surface area contributed by atoms with E-state index in [1.807, 2.05) is 72.8 Å². The zero-order chi connectivity index (χ0) is 27.9. The fraction of sp³-hybridized carbons (Fsp3) is 0.212. The molecule has 7 nitrogen and oxygen atoms in total. The molecule has 1 amide bonds. The van der Waals surface area contributed by atoms with Crippen LogP contribution in [0.15, 0.2) is 91.0 Å². The summed E-state index contributed by atoms with van der Waals surface area (Å²) in [7, 11) is 3.22. The van der Waals surface area contributed by atoms with Crippen molar-refractivity contribution in [3.05, 3.63) is 108 Å². The number of amides is 1. The predicted octanol–water partition coefficient (Wildman–Crippen LogP) is 5.82. The second-order valence-corrected chi connectivity index (χ2v) is 9.69. The Morgan fingerprint density at radius 1 is 0.850 bits per heavy atom. The fourth-order valence-electron chi connectivity index (χ4n) is 5.05. The van der Waals surface area contributed by atoms with Crippen LogP contribution in [0.5, 0.6) is 11.5 Å². The topological polar surface area (TPSA) is 77.8 Å². The number of hydrogen-bond acceptors (Lipinski definition) is 6. The van der Waals surface area contributed by atoms with Crippen molar-refractivity contribution in [1.82, 2.24) is 4.90 Å². The van der Waals surface area contributed by atoms with Gasteiger partial charge >= 0.3 is 0 Å². The number of carbonyl (C=O) groups is 1. The molecule has 5 rings (SSSR count). The number of rotatable bonds is 8. The number of ether oxygens (including phenoxy) is 2. The summed E-state index contributed by atoms with van der Waals surface area (Å²) in [4.78, 5) is 18.1. The molecular formula is C33H32N4O3. The molecule has 4 aromatic rings. The van der Waals surface area contributed by atoms with Crippen molar-refractivity contribution in [2.24, 2.45) is 0 Å². The van der Waals surface area contributed by atoms with Gasteiger partial charge in [-0.3, -0.25) is 9.69 Å². The molecule has 1 aliphatic rings. The second-order valence-electron chi connectivity index (χ2n) is 9.69. The van der Waals surface area contributed by atoms with Crippen molar-refractivity contribution >= 4 is 17.3 Å². The molecule has 1 N–H and O–H groups in total. The molecule has 0 aromatic heterocycles. The van der Waals surface area contributed by atoms with Crippen LogP contribution in [0.1, 0.15) is 21.5 Å². The maximum atomic E-state index is 13.3. The lowest BCUT2D eigenvalue weighted by atomic mass is 9.98. The molecule has 0 spiro atoms. The fourth-order valence-corrected chi connectivity index (χ4v) is 5.05. The number of anilines is 2.